The number of benzene rings is 2. The number of hydrogen-bond donors (Lipinski definition) is 0. The average Bonchev–Trinajstić information content (AvgIpc) is 3.17. The molecule has 1 fully saturated rings. The Morgan fingerprint density at radius 2 is 1.92 bits per heavy atom. The van der Waals surface area contributed by atoms with Crippen LogP contribution in [0.1, 0.15) is 40.4 Å². The summed E-state index contributed by atoms with van der Waals surface area (Å²) in [5.41, 5.74) is 2.78. The van der Waals surface area contributed by atoms with Crippen LogP contribution >= 0.6 is 0 Å². The molecular formula is C21H23NO4. The van der Waals surface area contributed by atoms with Gasteiger partial charge in [0.15, 0.2) is 11.5 Å². The van der Waals surface area contributed by atoms with Crippen molar-refractivity contribution in [2.24, 2.45) is 0 Å². The van der Waals surface area contributed by atoms with Crippen LogP contribution in [0.3, 0.4) is 0 Å². The second-order valence-corrected chi connectivity index (χ2v) is 6.74. The van der Waals surface area contributed by atoms with Gasteiger partial charge in [-0.2, -0.15) is 0 Å². The number of fused-ring (bicyclic) bond motifs is 1. The smallest absolute Gasteiger partial charge is 0.254 e. The molecule has 1 saturated heterocycles. The normalized spacial score (nSPS) is 18.7. The van der Waals surface area contributed by atoms with E-state index in [9.17, 15) is 4.79 Å². The summed E-state index contributed by atoms with van der Waals surface area (Å²) < 4.78 is 16.7. The van der Waals surface area contributed by atoms with Gasteiger partial charge in [0.05, 0.1) is 13.2 Å². The molecule has 26 heavy (non-hydrogen) atoms. The second-order valence-electron chi connectivity index (χ2n) is 6.74. The van der Waals surface area contributed by atoms with Crippen LogP contribution < -0.4 is 14.2 Å². The molecule has 0 unspecified atom stereocenters. The van der Waals surface area contributed by atoms with Crippen LogP contribution in [0.25, 0.3) is 0 Å². The van der Waals surface area contributed by atoms with Crippen molar-refractivity contribution in [3.8, 4) is 17.2 Å². The number of carbonyl (C=O) groups excluding carboxylic acids is 1. The number of nitrogens with zero attached hydrogens (tertiary/aromatic N) is 1. The molecule has 0 spiro atoms. The lowest BCUT2D eigenvalue weighted by Gasteiger charge is -2.27. The Kier molecular flexibility index (Phi) is 4.45. The Balaban J connectivity index is 1.61. The van der Waals surface area contributed by atoms with Gasteiger partial charge in [0.25, 0.3) is 5.91 Å². The molecule has 0 bridgehead atoms. The first-order valence-corrected chi connectivity index (χ1v) is 9.02. The molecule has 0 radical (unpaired) electrons. The van der Waals surface area contributed by atoms with Crippen LogP contribution in [-0.2, 0) is 0 Å². The summed E-state index contributed by atoms with van der Waals surface area (Å²) in [5, 5.41) is 0. The van der Waals surface area contributed by atoms with Crippen molar-refractivity contribution < 1.29 is 19.0 Å². The molecule has 5 nitrogen and oxygen atoms in total. The van der Waals surface area contributed by atoms with Gasteiger partial charge in [0, 0.05) is 12.1 Å². The second kappa shape index (κ2) is 6.90. The number of hydrogen-bond acceptors (Lipinski definition) is 4. The van der Waals surface area contributed by atoms with E-state index in [1.165, 1.54) is 0 Å². The van der Waals surface area contributed by atoms with Crippen LogP contribution in [0.5, 0.6) is 17.2 Å². The number of methoxy groups -OCH3 is 1. The van der Waals surface area contributed by atoms with E-state index in [-0.39, 0.29) is 11.9 Å². The summed E-state index contributed by atoms with van der Waals surface area (Å²) in [5.74, 6) is 2.33. The summed E-state index contributed by atoms with van der Waals surface area (Å²) in [4.78, 5) is 15.1. The maximum atomic E-state index is 13.1. The van der Waals surface area contributed by atoms with Gasteiger partial charge in [-0.1, -0.05) is 12.1 Å². The van der Waals surface area contributed by atoms with Crippen molar-refractivity contribution in [2.45, 2.75) is 25.8 Å². The van der Waals surface area contributed by atoms with Gasteiger partial charge in [-0.05, 0) is 55.2 Å². The predicted molar refractivity (Wildman–Crippen MR) is 98.2 cm³/mol. The largest absolute Gasteiger partial charge is 0.496 e. The van der Waals surface area contributed by atoms with E-state index < -0.39 is 0 Å². The monoisotopic (exact) mass is 353 g/mol. The maximum absolute atomic E-state index is 13.1. The Labute approximate surface area is 153 Å². The fourth-order valence-corrected chi connectivity index (χ4v) is 3.74. The van der Waals surface area contributed by atoms with Gasteiger partial charge < -0.3 is 19.1 Å². The van der Waals surface area contributed by atoms with E-state index >= 15 is 0 Å². The van der Waals surface area contributed by atoms with Crippen LogP contribution in [0.2, 0.25) is 0 Å². The highest BCUT2D eigenvalue weighted by atomic mass is 16.6. The fourth-order valence-electron chi connectivity index (χ4n) is 3.74. The summed E-state index contributed by atoms with van der Waals surface area (Å²) >= 11 is 0. The Morgan fingerprint density at radius 3 is 2.73 bits per heavy atom. The van der Waals surface area contributed by atoms with Gasteiger partial charge in [0.2, 0.25) is 0 Å². The van der Waals surface area contributed by atoms with Gasteiger partial charge in [-0.15, -0.1) is 0 Å². The minimum Gasteiger partial charge on any atom is -0.496 e. The van der Waals surface area contributed by atoms with Crippen molar-refractivity contribution in [3.05, 3.63) is 53.1 Å². The molecule has 0 aliphatic carbocycles. The average molecular weight is 353 g/mol. The zero-order chi connectivity index (χ0) is 18.1. The van der Waals surface area contributed by atoms with Crippen LogP contribution in [-0.4, -0.2) is 37.7 Å². The van der Waals surface area contributed by atoms with E-state index in [2.05, 4.69) is 0 Å². The third-order valence-corrected chi connectivity index (χ3v) is 5.12. The molecule has 4 rings (SSSR count). The Bertz CT molecular complexity index is 833. The maximum Gasteiger partial charge on any atom is 0.254 e. The molecule has 2 aromatic carbocycles. The molecule has 2 aromatic rings. The number of ether oxygens (including phenoxy) is 3. The van der Waals surface area contributed by atoms with Gasteiger partial charge in [0.1, 0.15) is 19.0 Å². The first kappa shape index (κ1) is 16.8. The van der Waals surface area contributed by atoms with Gasteiger partial charge in [-0.25, -0.2) is 0 Å². The molecule has 2 aliphatic rings. The molecule has 2 heterocycles. The van der Waals surface area contributed by atoms with Crippen molar-refractivity contribution in [2.75, 3.05) is 26.9 Å². The highest BCUT2D eigenvalue weighted by Gasteiger charge is 2.31. The summed E-state index contributed by atoms with van der Waals surface area (Å²) in [6, 6.07) is 11.7. The molecule has 1 atom stereocenters. The molecule has 136 valence electrons. The first-order chi connectivity index (χ1) is 12.7. The first-order valence-electron chi connectivity index (χ1n) is 9.02. The van der Waals surface area contributed by atoms with Crippen molar-refractivity contribution in [1.82, 2.24) is 4.90 Å². The highest BCUT2D eigenvalue weighted by Crippen LogP contribution is 2.38. The van der Waals surface area contributed by atoms with Crippen LogP contribution in [0.4, 0.5) is 0 Å². The van der Waals surface area contributed by atoms with Crippen LogP contribution in [0, 0.1) is 6.92 Å². The summed E-state index contributed by atoms with van der Waals surface area (Å²) in [7, 11) is 1.63. The number of carbonyl (C=O) groups is 1. The third kappa shape index (κ3) is 2.98. The minimum absolute atomic E-state index is 0.0423. The van der Waals surface area contributed by atoms with Crippen molar-refractivity contribution >= 4 is 5.91 Å². The Hall–Kier alpha value is -2.69. The van der Waals surface area contributed by atoms with Crippen LogP contribution in [0.15, 0.2) is 36.4 Å². The SMILES string of the molecule is COc1cc(C(=O)N2CCC[C@@H]2c2ccc3c(c2)OCCO3)ccc1C. The zero-order valence-electron chi connectivity index (χ0n) is 15.2. The molecule has 0 saturated carbocycles. The number of likely N-dealkylation sites (tertiary alicyclic amines) is 1. The quantitative estimate of drug-likeness (QED) is 0.843. The lowest BCUT2D eigenvalue weighted by Crippen LogP contribution is -2.30. The molecule has 5 heteroatoms. The van der Waals surface area contributed by atoms with E-state index in [0.717, 1.165) is 47.8 Å². The van der Waals surface area contributed by atoms with E-state index in [4.69, 9.17) is 14.2 Å². The minimum atomic E-state index is 0.0423. The lowest BCUT2D eigenvalue weighted by molar-refractivity contribution is 0.0734. The molecule has 0 aromatic heterocycles. The van der Waals surface area contributed by atoms with E-state index in [1.54, 1.807) is 7.11 Å². The van der Waals surface area contributed by atoms with E-state index in [1.807, 2.05) is 48.2 Å². The summed E-state index contributed by atoms with van der Waals surface area (Å²) in [6.45, 7) is 3.87. The molecule has 0 N–H and O–H groups in total. The molecule has 1 amide bonds. The topological polar surface area (TPSA) is 48.0 Å². The Morgan fingerprint density at radius 1 is 1.12 bits per heavy atom. The summed E-state index contributed by atoms with van der Waals surface area (Å²) in [6.07, 6.45) is 1.95. The fraction of sp³-hybridized carbons (Fsp3) is 0.381. The zero-order valence-corrected chi connectivity index (χ0v) is 15.2. The number of amides is 1. The molecule has 2 aliphatic heterocycles. The van der Waals surface area contributed by atoms with Crippen molar-refractivity contribution in [1.29, 1.82) is 0 Å². The molecular weight excluding hydrogens is 330 g/mol. The number of aryl methyl sites for hydroxylation is 1. The van der Waals surface area contributed by atoms with Gasteiger partial charge in [-0.3, -0.25) is 4.79 Å². The standard InChI is InChI=1S/C21H23NO4/c1-14-5-6-16(13-19(14)24-2)21(23)22-9-3-4-17(22)15-7-8-18-20(12-15)26-11-10-25-18/h5-8,12-13,17H,3-4,9-11H2,1-2H3/t17-/m1/s1. The number of rotatable bonds is 3. The highest BCUT2D eigenvalue weighted by molar-refractivity contribution is 5.95. The lowest BCUT2D eigenvalue weighted by atomic mass is 10.0. The van der Waals surface area contributed by atoms with Gasteiger partial charge >= 0.3 is 0 Å². The van der Waals surface area contributed by atoms with Crippen molar-refractivity contribution in [3.63, 3.8) is 0 Å². The third-order valence-electron chi connectivity index (χ3n) is 5.12. The van der Waals surface area contributed by atoms with E-state index in [0.29, 0.717) is 18.8 Å². The predicted octanol–water partition coefficient (Wildman–Crippen LogP) is 3.75.